The third kappa shape index (κ3) is 5.45. The fraction of sp³-hybridized carbons (Fsp3) is 0.333. The topological polar surface area (TPSA) is 53.5 Å². The number of hydrogen-bond donors (Lipinski definition) is 2. The molecule has 132 valence electrons. The molecule has 0 saturated heterocycles. The van der Waals surface area contributed by atoms with Crippen molar-refractivity contribution in [2.75, 3.05) is 11.9 Å². The van der Waals surface area contributed by atoms with Gasteiger partial charge < -0.3 is 5.32 Å². The molecule has 0 radical (unpaired) electrons. The van der Waals surface area contributed by atoms with E-state index in [2.05, 4.69) is 48.7 Å². The van der Waals surface area contributed by atoms with Crippen molar-refractivity contribution < 1.29 is 4.79 Å². The average Bonchev–Trinajstić information content (AvgIpc) is 2.58. The summed E-state index contributed by atoms with van der Waals surface area (Å²) in [6, 6.07) is 16.2. The summed E-state index contributed by atoms with van der Waals surface area (Å²) < 4.78 is 0. The maximum absolute atomic E-state index is 12.0. The second-order valence-corrected chi connectivity index (χ2v) is 7.23. The predicted octanol–water partition coefficient (Wildman–Crippen LogP) is 4.24. The number of rotatable bonds is 5. The van der Waals surface area contributed by atoms with E-state index in [0.717, 1.165) is 22.5 Å². The standard InChI is InChI=1S/C21H27N3O/c1-15-8-6-7-9-19(15)22-14-20(25)24-23-16(2)17-10-12-18(13-11-17)21(3,4)5/h6-13,22H,14H2,1-5H3,(H,24,25)/b23-16+. The largest absolute Gasteiger partial charge is 0.376 e. The van der Waals surface area contributed by atoms with Crippen LogP contribution in [0.2, 0.25) is 0 Å². The lowest BCUT2D eigenvalue weighted by Crippen LogP contribution is -2.27. The molecule has 0 saturated carbocycles. The molecular weight excluding hydrogens is 310 g/mol. The normalized spacial score (nSPS) is 12.0. The summed E-state index contributed by atoms with van der Waals surface area (Å²) >= 11 is 0. The number of nitrogens with zero attached hydrogens (tertiary/aromatic N) is 1. The number of para-hydroxylation sites is 1. The summed E-state index contributed by atoms with van der Waals surface area (Å²) in [6.07, 6.45) is 0. The van der Waals surface area contributed by atoms with Gasteiger partial charge in [-0.15, -0.1) is 0 Å². The van der Waals surface area contributed by atoms with Crippen molar-refractivity contribution in [2.45, 2.75) is 40.0 Å². The van der Waals surface area contributed by atoms with Crippen LogP contribution in [0.5, 0.6) is 0 Å². The highest BCUT2D eigenvalue weighted by molar-refractivity contribution is 5.99. The lowest BCUT2D eigenvalue weighted by atomic mass is 9.86. The van der Waals surface area contributed by atoms with Crippen molar-refractivity contribution in [1.29, 1.82) is 0 Å². The van der Waals surface area contributed by atoms with Gasteiger partial charge in [-0.3, -0.25) is 4.79 Å². The molecule has 0 unspecified atom stereocenters. The molecule has 2 aromatic carbocycles. The first-order valence-corrected chi connectivity index (χ1v) is 8.51. The Bertz CT molecular complexity index is 755. The number of anilines is 1. The lowest BCUT2D eigenvalue weighted by molar-refractivity contribution is -0.119. The Morgan fingerprint density at radius 3 is 2.28 bits per heavy atom. The van der Waals surface area contributed by atoms with Crippen LogP contribution in [0.4, 0.5) is 5.69 Å². The number of aryl methyl sites for hydroxylation is 1. The van der Waals surface area contributed by atoms with Crippen molar-refractivity contribution in [3.05, 3.63) is 65.2 Å². The minimum absolute atomic E-state index is 0.124. The number of carbonyl (C=O) groups excluding carboxylic acids is 1. The molecular formula is C21H27N3O. The molecule has 0 fully saturated rings. The minimum atomic E-state index is -0.172. The van der Waals surface area contributed by atoms with Gasteiger partial charge in [0.2, 0.25) is 0 Å². The molecule has 0 atom stereocenters. The van der Waals surface area contributed by atoms with Crippen LogP contribution in [0.15, 0.2) is 53.6 Å². The first kappa shape index (κ1) is 18.7. The molecule has 2 N–H and O–H groups in total. The Balaban J connectivity index is 1.92. The highest BCUT2D eigenvalue weighted by atomic mass is 16.2. The van der Waals surface area contributed by atoms with Gasteiger partial charge in [-0.25, -0.2) is 5.43 Å². The first-order chi connectivity index (χ1) is 11.8. The van der Waals surface area contributed by atoms with Crippen LogP contribution in [-0.4, -0.2) is 18.2 Å². The third-order valence-corrected chi connectivity index (χ3v) is 4.10. The second-order valence-electron chi connectivity index (χ2n) is 7.23. The Kier molecular flexibility index (Phi) is 5.97. The number of hydrogen-bond acceptors (Lipinski definition) is 3. The Hall–Kier alpha value is -2.62. The molecule has 0 aliphatic rings. The van der Waals surface area contributed by atoms with Gasteiger partial charge in [-0.1, -0.05) is 63.2 Å². The zero-order chi connectivity index (χ0) is 18.4. The highest BCUT2D eigenvalue weighted by Gasteiger charge is 2.13. The molecule has 25 heavy (non-hydrogen) atoms. The van der Waals surface area contributed by atoms with E-state index in [-0.39, 0.29) is 17.9 Å². The fourth-order valence-electron chi connectivity index (χ4n) is 2.41. The van der Waals surface area contributed by atoms with Gasteiger partial charge in [-0.05, 0) is 42.0 Å². The summed E-state index contributed by atoms with van der Waals surface area (Å²) in [5.74, 6) is -0.172. The fourth-order valence-corrected chi connectivity index (χ4v) is 2.41. The summed E-state index contributed by atoms with van der Waals surface area (Å²) in [6.45, 7) is 10.6. The van der Waals surface area contributed by atoms with Crippen molar-refractivity contribution in [3.8, 4) is 0 Å². The Labute approximate surface area is 150 Å². The molecule has 4 nitrogen and oxygen atoms in total. The maximum atomic E-state index is 12.0. The van der Waals surface area contributed by atoms with E-state index in [9.17, 15) is 4.79 Å². The van der Waals surface area contributed by atoms with E-state index >= 15 is 0 Å². The molecule has 2 rings (SSSR count). The van der Waals surface area contributed by atoms with Gasteiger partial charge in [0, 0.05) is 5.69 Å². The van der Waals surface area contributed by atoms with Gasteiger partial charge in [0.25, 0.3) is 5.91 Å². The van der Waals surface area contributed by atoms with E-state index in [1.54, 1.807) is 0 Å². The van der Waals surface area contributed by atoms with Gasteiger partial charge in [0.15, 0.2) is 0 Å². The number of amides is 1. The van der Waals surface area contributed by atoms with Crippen molar-refractivity contribution in [1.82, 2.24) is 5.43 Å². The molecule has 0 bridgehead atoms. The zero-order valence-electron chi connectivity index (χ0n) is 15.7. The summed E-state index contributed by atoms with van der Waals surface area (Å²) in [5.41, 5.74) is 7.84. The average molecular weight is 337 g/mol. The summed E-state index contributed by atoms with van der Waals surface area (Å²) in [5, 5.41) is 7.32. The van der Waals surface area contributed by atoms with Crippen molar-refractivity contribution in [2.24, 2.45) is 5.10 Å². The van der Waals surface area contributed by atoms with E-state index in [1.807, 2.05) is 50.2 Å². The minimum Gasteiger partial charge on any atom is -0.376 e. The van der Waals surface area contributed by atoms with Crippen LogP contribution >= 0.6 is 0 Å². The van der Waals surface area contributed by atoms with Gasteiger partial charge >= 0.3 is 0 Å². The van der Waals surface area contributed by atoms with E-state index < -0.39 is 0 Å². The van der Waals surface area contributed by atoms with Crippen LogP contribution < -0.4 is 10.7 Å². The van der Waals surface area contributed by atoms with Crippen LogP contribution in [0.3, 0.4) is 0 Å². The van der Waals surface area contributed by atoms with Crippen LogP contribution in [0, 0.1) is 6.92 Å². The van der Waals surface area contributed by atoms with Gasteiger partial charge in [0.05, 0.1) is 12.3 Å². The molecule has 0 spiro atoms. The number of benzene rings is 2. The molecule has 0 heterocycles. The monoisotopic (exact) mass is 337 g/mol. The van der Waals surface area contributed by atoms with E-state index in [1.165, 1.54) is 5.56 Å². The molecule has 0 aromatic heterocycles. The smallest absolute Gasteiger partial charge is 0.259 e. The van der Waals surface area contributed by atoms with Crippen molar-refractivity contribution in [3.63, 3.8) is 0 Å². The first-order valence-electron chi connectivity index (χ1n) is 8.51. The van der Waals surface area contributed by atoms with Gasteiger partial charge in [-0.2, -0.15) is 5.10 Å². The van der Waals surface area contributed by atoms with E-state index in [4.69, 9.17) is 0 Å². The number of nitrogens with one attached hydrogen (secondary N) is 2. The number of carbonyl (C=O) groups is 1. The summed E-state index contributed by atoms with van der Waals surface area (Å²) in [7, 11) is 0. The molecule has 4 heteroatoms. The quantitative estimate of drug-likeness (QED) is 0.633. The van der Waals surface area contributed by atoms with Crippen molar-refractivity contribution >= 4 is 17.3 Å². The molecule has 0 aliphatic heterocycles. The van der Waals surface area contributed by atoms with Crippen LogP contribution in [0.25, 0.3) is 0 Å². The lowest BCUT2D eigenvalue weighted by Gasteiger charge is -2.19. The maximum Gasteiger partial charge on any atom is 0.259 e. The van der Waals surface area contributed by atoms with E-state index in [0.29, 0.717) is 0 Å². The van der Waals surface area contributed by atoms with Gasteiger partial charge in [0.1, 0.15) is 0 Å². The number of hydrazone groups is 1. The third-order valence-electron chi connectivity index (χ3n) is 4.10. The highest BCUT2D eigenvalue weighted by Crippen LogP contribution is 2.22. The second kappa shape index (κ2) is 7.97. The Morgan fingerprint density at radius 1 is 1.04 bits per heavy atom. The Morgan fingerprint density at radius 2 is 1.68 bits per heavy atom. The van der Waals surface area contributed by atoms with Crippen LogP contribution in [0.1, 0.15) is 44.4 Å². The predicted molar refractivity (Wildman–Crippen MR) is 105 cm³/mol. The summed E-state index contributed by atoms with van der Waals surface area (Å²) in [4.78, 5) is 12.0. The molecule has 0 aliphatic carbocycles. The molecule has 2 aromatic rings. The SMILES string of the molecule is C/C(=N\NC(=O)CNc1ccccc1C)c1ccc(C(C)(C)C)cc1. The zero-order valence-corrected chi connectivity index (χ0v) is 15.7. The van der Waals surface area contributed by atoms with Crippen LogP contribution in [-0.2, 0) is 10.2 Å². The molecule has 1 amide bonds.